The smallest absolute Gasteiger partial charge is 0.410 e. The Bertz CT molecular complexity index is 1080. The van der Waals surface area contributed by atoms with Crippen molar-refractivity contribution < 1.29 is 19.4 Å². The molecule has 1 aliphatic rings. The van der Waals surface area contributed by atoms with E-state index in [2.05, 4.69) is 24.3 Å². The van der Waals surface area contributed by atoms with E-state index in [4.69, 9.17) is 4.74 Å². The number of amides is 1. The highest BCUT2D eigenvalue weighted by Crippen LogP contribution is 2.44. The molecule has 0 saturated carbocycles. The number of hydrogen-bond donors (Lipinski definition) is 1. The van der Waals surface area contributed by atoms with Gasteiger partial charge in [-0.1, -0.05) is 92.7 Å². The Morgan fingerprint density at radius 1 is 0.879 bits per heavy atom. The Balaban J connectivity index is 1.57. The Labute approximate surface area is 194 Å². The summed E-state index contributed by atoms with van der Waals surface area (Å²) >= 11 is 0. The number of fused-ring (bicyclic) bond motifs is 3. The summed E-state index contributed by atoms with van der Waals surface area (Å²) in [5.41, 5.74) is 5.56. The first kappa shape index (κ1) is 22.6. The third kappa shape index (κ3) is 4.92. The molecule has 0 radical (unpaired) electrons. The third-order valence-electron chi connectivity index (χ3n) is 6.32. The normalized spacial score (nSPS) is 13.3. The van der Waals surface area contributed by atoms with Crippen LogP contribution in [0.15, 0.2) is 78.9 Å². The van der Waals surface area contributed by atoms with Gasteiger partial charge in [0.2, 0.25) is 0 Å². The highest BCUT2D eigenvalue weighted by molar-refractivity contribution is 5.79. The number of aliphatic carboxylic acids is 1. The van der Waals surface area contributed by atoms with Gasteiger partial charge in [-0.3, -0.25) is 4.79 Å². The quantitative estimate of drug-likeness (QED) is 0.468. The van der Waals surface area contributed by atoms with Crippen LogP contribution in [0.3, 0.4) is 0 Å². The molecule has 0 unspecified atom stereocenters. The molecule has 0 bridgehead atoms. The van der Waals surface area contributed by atoms with Gasteiger partial charge >= 0.3 is 12.1 Å². The van der Waals surface area contributed by atoms with Gasteiger partial charge in [0.25, 0.3) is 0 Å². The van der Waals surface area contributed by atoms with Gasteiger partial charge in [-0.05, 0) is 33.7 Å². The van der Waals surface area contributed by atoms with Crippen LogP contribution in [0, 0.1) is 5.92 Å². The van der Waals surface area contributed by atoms with Crippen LogP contribution in [0.25, 0.3) is 11.1 Å². The van der Waals surface area contributed by atoms with Crippen LogP contribution >= 0.6 is 0 Å². The monoisotopic (exact) mass is 443 g/mol. The van der Waals surface area contributed by atoms with Crippen molar-refractivity contribution in [2.45, 2.75) is 38.8 Å². The highest BCUT2D eigenvalue weighted by Gasteiger charge is 2.33. The molecule has 170 valence electrons. The lowest BCUT2D eigenvalue weighted by Crippen LogP contribution is -2.44. The second kappa shape index (κ2) is 9.90. The van der Waals surface area contributed by atoms with E-state index in [0.717, 1.165) is 16.7 Å². The maximum atomic E-state index is 13.4. The third-order valence-corrected chi connectivity index (χ3v) is 6.32. The molecule has 0 heterocycles. The van der Waals surface area contributed by atoms with Crippen molar-refractivity contribution in [3.05, 3.63) is 95.6 Å². The molecule has 0 fully saturated rings. The molecule has 0 aromatic heterocycles. The Kier molecular flexibility index (Phi) is 6.78. The Morgan fingerprint density at radius 2 is 1.42 bits per heavy atom. The van der Waals surface area contributed by atoms with Crippen LogP contribution in [0.2, 0.25) is 0 Å². The van der Waals surface area contributed by atoms with Crippen LogP contribution in [-0.2, 0) is 16.1 Å². The zero-order chi connectivity index (χ0) is 23.4. The van der Waals surface area contributed by atoms with Gasteiger partial charge in [0.05, 0.1) is 6.42 Å². The maximum absolute atomic E-state index is 13.4. The Morgan fingerprint density at radius 3 is 1.97 bits per heavy atom. The summed E-state index contributed by atoms with van der Waals surface area (Å²) in [6, 6.07) is 25.5. The second-order valence-corrected chi connectivity index (χ2v) is 8.83. The summed E-state index contributed by atoms with van der Waals surface area (Å²) in [5, 5.41) is 9.47. The molecule has 0 saturated heterocycles. The van der Waals surface area contributed by atoms with Crippen molar-refractivity contribution in [1.29, 1.82) is 0 Å². The summed E-state index contributed by atoms with van der Waals surface area (Å²) in [5.74, 6) is -1.01. The van der Waals surface area contributed by atoms with E-state index in [1.165, 1.54) is 11.1 Å². The van der Waals surface area contributed by atoms with Gasteiger partial charge in [-0.2, -0.15) is 0 Å². The lowest BCUT2D eigenvalue weighted by atomic mass is 9.98. The summed E-state index contributed by atoms with van der Waals surface area (Å²) < 4.78 is 5.88. The van der Waals surface area contributed by atoms with E-state index in [1.54, 1.807) is 4.90 Å². The summed E-state index contributed by atoms with van der Waals surface area (Å²) in [6.45, 7) is 4.37. The van der Waals surface area contributed by atoms with Gasteiger partial charge in [0.1, 0.15) is 6.61 Å². The molecule has 3 aromatic rings. The van der Waals surface area contributed by atoms with Gasteiger partial charge in [0, 0.05) is 18.5 Å². The minimum Gasteiger partial charge on any atom is -0.481 e. The van der Waals surface area contributed by atoms with Crippen molar-refractivity contribution in [3.8, 4) is 11.1 Å². The van der Waals surface area contributed by atoms with Crippen LogP contribution in [0.5, 0.6) is 0 Å². The van der Waals surface area contributed by atoms with E-state index in [-0.39, 0.29) is 24.9 Å². The highest BCUT2D eigenvalue weighted by atomic mass is 16.6. The van der Waals surface area contributed by atoms with Crippen molar-refractivity contribution in [2.24, 2.45) is 5.92 Å². The topological polar surface area (TPSA) is 66.8 Å². The molecule has 4 rings (SSSR count). The number of carboxylic acids is 1. The molecular formula is C28H29NO4. The minimum absolute atomic E-state index is 0.0368. The number of carbonyl (C=O) groups is 2. The van der Waals surface area contributed by atoms with Crippen molar-refractivity contribution in [1.82, 2.24) is 4.90 Å². The minimum atomic E-state index is -0.932. The predicted octanol–water partition coefficient (Wildman–Crippen LogP) is 5.94. The molecular weight excluding hydrogens is 414 g/mol. The molecule has 3 aromatic carbocycles. The average Bonchev–Trinajstić information content (AvgIpc) is 3.14. The number of rotatable bonds is 8. The number of hydrogen-bond acceptors (Lipinski definition) is 3. The van der Waals surface area contributed by atoms with Crippen molar-refractivity contribution in [3.63, 3.8) is 0 Å². The number of benzene rings is 3. The van der Waals surface area contributed by atoms with Gasteiger partial charge in [-0.15, -0.1) is 0 Å². The molecule has 5 nitrogen and oxygen atoms in total. The van der Waals surface area contributed by atoms with Gasteiger partial charge < -0.3 is 14.7 Å². The summed E-state index contributed by atoms with van der Waals surface area (Å²) in [6.07, 6.45) is -0.616. The first-order valence-corrected chi connectivity index (χ1v) is 11.3. The second-order valence-electron chi connectivity index (χ2n) is 8.83. The van der Waals surface area contributed by atoms with Crippen molar-refractivity contribution >= 4 is 12.1 Å². The fourth-order valence-electron chi connectivity index (χ4n) is 4.66. The molecule has 1 atom stereocenters. The van der Waals surface area contributed by atoms with Gasteiger partial charge in [-0.25, -0.2) is 4.79 Å². The van der Waals surface area contributed by atoms with Gasteiger partial charge in [0.15, 0.2) is 0 Å². The van der Waals surface area contributed by atoms with E-state index in [1.807, 2.05) is 68.4 Å². The van der Waals surface area contributed by atoms with Crippen molar-refractivity contribution in [2.75, 3.05) is 6.61 Å². The fraction of sp³-hybridized carbons (Fsp3) is 0.286. The molecule has 1 aliphatic carbocycles. The Hall–Kier alpha value is -3.60. The number of ether oxygens (including phenoxy) is 1. The van der Waals surface area contributed by atoms with E-state index in [0.29, 0.717) is 6.54 Å². The standard InChI is InChI=1S/C28H29NO4/c1-19(2)26(16-27(30)31)29(17-20-10-4-3-5-11-20)28(32)33-18-25-23-14-8-6-12-21(23)22-13-7-9-15-24(22)25/h3-15,19,25-26H,16-18H2,1-2H3,(H,30,31)/t26-/m0/s1. The largest absolute Gasteiger partial charge is 0.481 e. The van der Waals surface area contributed by atoms with Crippen LogP contribution in [-0.4, -0.2) is 34.7 Å². The number of carboxylic acid groups (broad SMARTS) is 1. The molecule has 1 amide bonds. The van der Waals surface area contributed by atoms with Crippen LogP contribution in [0.4, 0.5) is 4.79 Å². The first-order valence-electron chi connectivity index (χ1n) is 11.3. The predicted molar refractivity (Wildman–Crippen MR) is 128 cm³/mol. The summed E-state index contributed by atoms with van der Waals surface area (Å²) in [7, 11) is 0. The zero-order valence-corrected chi connectivity index (χ0v) is 19.0. The SMILES string of the molecule is CC(C)[C@H](CC(=O)O)N(Cc1ccccc1)C(=O)OCC1c2ccccc2-c2ccccc21. The van der Waals surface area contributed by atoms with E-state index < -0.39 is 18.1 Å². The lowest BCUT2D eigenvalue weighted by Gasteiger charge is -2.33. The molecule has 0 aliphatic heterocycles. The molecule has 0 spiro atoms. The zero-order valence-electron chi connectivity index (χ0n) is 19.0. The number of nitrogens with zero attached hydrogens (tertiary/aromatic N) is 1. The number of carbonyl (C=O) groups excluding carboxylic acids is 1. The summed E-state index contributed by atoms with van der Waals surface area (Å²) in [4.78, 5) is 26.5. The van der Waals surface area contributed by atoms with Crippen LogP contribution < -0.4 is 0 Å². The van der Waals surface area contributed by atoms with E-state index in [9.17, 15) is 14.7 Å². The fourth-order valence-corrected chi connectivity index (χ4v) is 4.66. The van der Waals surface area contributed by atoms with E-state index >= 15 is 0 Å². The molecule has 1 N–H and O–H groups in total. The molecule has 33 heavy (non-hydrogen) atoms. The first-order chi connectivity index (χ1) is 16.0. The average molecular weight is 444 g/mol. The maximum Gasteiger partial charge on any atom is 0.410 e. The molecule has 5 heteroatoms. The van der Waals surface area contributed by atoms with Crippen LogP contribution in [0.1, 0.15) is 42.9 Å². The lowest BCUT2D eigenvalue weighted by molar-refractivity contribution is -0.138.